The summed E-state index contributed by atoms with van der Waals surface area (Å²) in [6.07, 6.45) is -2.48. The summed E-state index contributed by atoms with van der Waals surface area (Å²) in [5.41, 5.74) is 0.914. The van der Waals surface area contributed by atoms with Gasteiger partial charge in [-0.3, -0.25) is 0 Å². The van der Waals surface area contributed by atoms with Crippen molar-refractivity contribution in [3.8, 4) is 0 Å². The molecule has 2 fully saturated rings. The van der Waals surface area contributed by atoms with Crippen molar-refractivity contribution in [2.75, 3.05) is 26.4 Å². The van der Waals surface area contributed by atoms with E-state index in [1.165, 1.54) is 0 Å². The summed E-state index contributed by atoms with van der Waals surface area (Å²) >= 11 is 0. The van der Waals surface area contributed by atoms with E-state index in [9.17, 15) is 5.11 Å². The SMILES string of the molecule is OCCO[C@@H]1[C@@H]2OC(c3ccccc3)OC[C@H]2OC[C@@H]1O. The molecule has 116 valence electrons. The van der Waals surface area contributed by atoms with Gasteiger partial charge in [0.2, 0.25) is 0 Å². The minimum absolute atomic E-state index is 0.0971. The topological polar surface area (TPSA) is 77.4 Å². The Morgan fingerprint density at radius 2 is 1.95 bits per heavy atom. The van der Waals surface area contributed by atoms with Crippen LogP contribution in [-0.2, 0) is 18.9 Å². The van der Waals surface area contributed by atoms with E-state index in [0.29, 0.717) is 6.61 Å². The first-order chi connectivity index (χ1) is 10.3. The molecule has 0 aliphatic carbocycles. The minimum Gasteiger partial charge on any atom is -0.394 e. The van der Waals surface area contributed by atoms with Crippen molar-refractivity contribution in [2.24, 2.45) is 0 Å². The largest absolute Gasteiger partial charge is 0.394 e. The molecule has 0 bridgehead atoms. The molecule has 5 atom stereocenters. The quantitative estimate of drug-likeness (QED) is 0.829. The maximum absolute atomic E-state index is 10.0. The van der Waals surface area contributed by atoms with Crippen molar-refractivity contribution in [1.29, 1.82) is 0 Å². The lowest BCUT2D eigenvalue weighted by Crippen LogP contribution is -2.59. The molecular formula is C15H20O6. The lowest BCUT2D eigenvalue weighted by Gasteiger charge is -2.45. The number of benzene rings is 1. The highest BCUT2D eigenvalue weighted by atomic mass is 16.7. The maximum Gasteiger partial charge on any atom is 0.184 e. The normalized spacial score (nSPS) is 36.2. The maximum atomic E-state index is 10.0. The molecule has 2 heterocycles. The fraction of sp³-hybridized carbons (Fsp3) is 0.600. The molecule has 1 aromatic rings. The van der Waals surface area contributed by atoms with Crippen LogP contribution in [0, 0.1) is 0 Å². The molecule has 6 nitrogen and oxygen atoms in total. The van der Waals surface area contributed by atoms with Gasteiger partial charge in [-0.1, -0.05) is 30.3 Å². The third-order valence-electron chi connectivity index (χ3n) is 3.72. The molecule has 2 saturated heterocycles. The molecule has 0 saturated carbocycles. The number of fused-ring (bicyclic) bond motifs is 1. The van der Waals surface area contributed by atoms with Gasteiger partial charge >= 0.3 is 0 Å². The van der Waals surface area contributed by atoms with Gasteiger partial charge in [-0.25, -0.2) is 0 Å². The van der Waals surface area contributed by atoms with Gasteiger partial charge < -0.3 is 29.2 Å². The van der Waals surface area contributed by atoms with Crippen LogP contribution in [0.5, 0.6) is 0 Å². The number of hydrogen-bond donors (Lipinski definition) is 2. The number of aliphatic hydroxyl groups is 2. The Kier molecular flexibility index (Phi) is 4.84. The molecule has 0 aromatic heterocycles. The fourth-order valence-electron chi connectivity index (χ4n) is 2.69. The van der Waals surface area contributed by atoms with E-state index in [-0.39, 0.29) is 25.9 Å². The average Bonchev–Trinajstić information content (AvgIpc) is 2.54. The second-order valence-electron chi connectivity index (χ2n) is 5.17. The predicted molar refractivity (Wildman–Crippen MR) is 72.6 cm³/mol. The van der Waals surface area contributed by atoms with Crippen LogP contribution in [0.25, 0.3) is 0 Å². The van der Waals surface area contributed by atoms with E-state index in [0.717, 1.165) is 5.56 Å². The van der Waals surface area contributed by atoms with Gasteiger partial charge in [-0.15, -0.1) is 0 Å². The number of ether oxygens (including phenoxy) is 4. The summed E-state index contributed by atoms with van der Waals surface area (Å²) < 4.78 is 22.7. The van der Waals surface area contributed by atoms with E-state index in [1.807, 2.05) is 30.3 Å². The second-order valence-corrected chi connectivity index (χ2v) is 5.17. The monoisotopic (exact) mass is 296 g/mol. The number of rotatable bonds is 4. The lowest BCUT2D eigenvalue weighted by atomic mass is 9.98. The van der Waals surface area contributed by atoms with E-state index in [2.05, 4.69) is 0 Å². The molecule has 3 rings (SSSR count). The van der Waals surface area contributed by atoms with Crippen LogP contribution in [0.3, 0.4) is 0 Å². The first kappa shape index (κ1) is 14.9. The Bertz CT molecular complexity index is 439. The van der Waals surface area contributed by atoms with Crippen LogP contribution in [-0.4, -0.2) is 61.1 Å². The van der Waals surface area contributed by atoms with E-state index in [4.69, 9.17) is 24.1 Å². The van der Waals surface area contributed by atoms with Crippen molar-refractivity contribution in [3.05, 3.63) is 35.9 Å². The smallest absolute Gasteiger partial charge is 0.184 e. The van der Waals surface area contributed by atoms with Crippen molar-refractivity contribution in [3.63, 3.8) is 0 Å². The van der Waals surface area contributed by atoms with Gasteiger partial charge in [0.05, 0.1) is 26.4 Å². The fourth-order valence-corrected chi connectivity index (χ4v) is 2.69. The molecule has 21 heavy (non-hydrogen) atoms. The van der Waals surface area contributed by atoms with Gasteiger partial charge in [-0.05, 0) is 0 Å². The zero-order chi connectivity index (χ0) is 14.7. The van der Waals surface area contributed by atoms with Gasteiger partial charge in [0.15, 0.2) is 6.29 Å². The van der Waals surface area contributed by atoms with Crippen LogP contribution >= 0.6 is 0 Å². The van der Waals surface area contributed by atoms with Gasteiger partial charge in [0.25, 0.3) is 0 Å². The highest BCUT2D eigenvalue weighted by Gasteiger charge is 2.45. The van der Waals surface area contributed by atoms with Crippen molar-refractivity contribution in [2.45, 2.75) is 30.7 Å². The third-order valence-corrected chi connectivity index (χ3v) is 3.72. The Labute approximate surface area is 123 Å². The first-order valence-corrected chi connectivity index (χ1v) is 7.13. The van der Waals surface area contributed by atoms with Crippen molar-refractivity contribution < 1.29 is 29.2 Å². The molecule has 1 aromatic carbocycles. The summed E-state index contributed by atoms with van der Waals surface area (Å²) in [5, 5.41) is 18.9. The molecule has 0 amide bonds. The molecule has 6 heteroatoms. The Hall–Kier alpha value is -1.02. The van der Waals surface area contributed by atoms with Crippen LogP contribution in [0.1, 0.15) is 11.9 Å². The third kappa shape index (κ3) is 3.26. The predicted octanol–water partition coefficient (Wildman–Crippen LogP) is 0.238. The van der Waals surface area contributed by atoms with Crippen LogP contribution in [0.15, 0.2) is 30.3 Å². The number of aliphatic hydroxyl groups excluding tert-OH is 2. The molecule has 1 unspecified atom stereocenters. The van der Waals surface area contributed by atoms with E-state index >= 15 is 0 Å². The van der Waals surface area contributed by atoms with E-state index in [1.54, 1.807) is 0 Å². The highest BCUT2D eigenvalue weighted by molar-refractivity contribution is 5.16. The Morgan fingerprint density at radius 3 is 2.71 bits per heavy atom. The van der Waals surface area contributed by atoms with Crippen LogP contribution in [0.2, 0.25) is 0 Å². The highest BCUT2D eigenvalue weighted by Crippen LogP contribution is 2.33. The number of hydrogen-bond acceptors (Lipinski definition) is 6. The first-order valence-electron chi connectivity index (χ1n) is 7.13. The molecule has 2 N–H and O–H groups in total. The van der Waals surface area contributed by atoms with Crippen molar-refractivity contribution >= 4 is 0 Å². The second kappa shape index (κ2) is 6.83. The molecule has 0 radical (unpaired) electrons. The summed E-state index contributed by atoms with van der Waals surface area (Å²) in [4.78, 5) is 0. The van der Waals surface area contributed by atoms with Crippen LogP contribution < -0.4 is 0 Å². The van der Waals surface area contributed by atoms with Gasteiger partial charge in [0, 0.05) is 5.56 Å². The molecule has 0 spiro atoms. The summed E-state index contributed by atoms with van der Waals surface area (Å²) in [6.45, 7) is 0.626. The van der Waals surface area contributed by atoms with Gasteiger partial charge in [-0.2, -0.15) is 0 Å². The lowest BCUT2D eigenvalue weighted by molar-refractivity contribution is -0.319. The zero-order valence-electron chi connectivity index (χ0n) is 11.6. The summed E-state index contributed by atoms with van der Waals surface area (Å²) in [7, 11) is 0. The van der Waals surface area contributed by atoms with Crippen LogP contribution in [0.4, 0.5) is 0 Å². The standard InChI is InChI=1S/C15H20O6/c16-6-7-18-13-11(17)8-19-12-9-20-15(21-14(12)13)10-4-2-1-3-5-10/h1-5,11-17H,6-9H2/t11-,12+,13-,14+,15?/m0/s1. The Balaban J connectivity index is 1.72. The van der Waals surface area contributed by atoms with E-state index < -0.39 is 24.6 Å². The minimum atomic E-state index is -0.771. The average molecular weight is 296 g/mol. The molecule has 2 aliphatic heterocycles. The zero-order valence-corrected chi connectivity index (χ0v) is 11.6. The van der Waals surface area contributed by atoms with Gasteiger partial charge in [0.1, 0.15) is 24.4 Å². The van der Waals surface area contributed by atoms with Crippen molar-refractivity contribution in [1.82, 2.24) is 0 Å². The summed E-state index contributed by atoms with van der Waals surface area (Å²) in [5.74, 6) is 0. The Morgan fingerprint density at radius 1 is 1.14 bits per heavy atom. The summed E-state index contributed by atoms with van der Waals surface area (Å²) in [6, 6.07) is 9.61. The molecular weight excluding hydrogens is 276 g/mol. The molecule has 2 aliphatic rings.